The van der Waals surface area contributed by atoms with Gasteiger partial charge in [-0.3, -0.25) is 4.99 Å². The standard InChI is InChI=1S/C23H25N3O3S/c1-2-13-29-22-10-8-18(9-11-22)23-19(15-24-20-12-14-30(27,28)17-20)16-26(25-23)21-6-4-3-5-7-21/h3-11,15-16,20H,2,12-14,17H2,1H3/t20-/m0/s1. The normalized spacial score (nSPS) is 18.1. The number of hydrogen-bond acceptors (Lipinski definition) is 5. The van der Waals surface area contributed by atoms with Crippen LogP contribution in [0.5, 0.6) is 5.75 Å². The molecule has 2 heterocycles. The number of hydrogen-bond donors (Lipinski definition) is 0. The molecule has 30 heavy (non-hydrogen) atoms. The molecule has 0 radical (unpaired) electrons. The number of nitrogens with zero attached hydrogens (tertiary/aromatic N) is 3. The Hall–Kier alpha value is -2.93. The summed E-state index contributed by atoms with van der Waals surface area (Å²) >= 11 is 0. The SMILES string of the molecule is CCCOc1ccc(-c2nn(-c3ccccc3)cc2C=N[C@H]2CCS(=O)(=O)C2)cc1. The quantitative estimate of drug-likeness (QED) is 0.540. The number of aromatic nitrogens is 2. The van der Waals surface area contributed by atoms with Crippen molar-refractivity contribution in [3.63, 3.8) is 0 Å². The summed E-state index contributed by atoms with van der Waals surface area (Å²) in [6.07, 6.45) is 5.22. The van der Waals surface area contributed by atoms with Gasteiger partial charge in [-0.1, -0.05) is 25.1 Å². The van der Waals surface area contributed by atoms with Crippen molar-refractivity contribution >= 4 is 16.1 Å². The molecular formula is C23H25N3O3S. The molecule has 1 aliphatic rings. The number of para-hydroxylation sites is 1. The third-order valence-electron chi connectivity index (χ3n) is 5.00. The van der Waals surface area contributed by atoms with Crippen molar-refractivity contribution in [2.75, 3.05) is 18.1 Å². The third kappa shape index (κ3) is 4.79. The first-order chi connectivity index (χ1) is 14.5. The molecule has 1 fully saturated rings. The van der Waals surface area contributed by atoms with Crippen molar-refractivity contribution in [1.29, 1.82) is 0 Å². The Morgan fingerprint density at radius 1 is 1.17 bits per heavy atom. The number of rotatable bonds is 7. The Labute approximate surface area is 177 Å². The van der Waals surface area contributed by atoms with Crippen LogP contribution in [0, 0.1) is 0 Å². The van der Waals surface area contributed by atoms with Crippen LogP contribution < -0.4 is 4.74 Å². The molecule has 0 amide bonds. The molecule has 0 N–H and O–H groups in total. The lowest BCUT2D eigenvalue weighted by molar-refractivity contribution is 0.317. The predicted octanol–water partition coefficient (Wildman–Crippen LogP) is 3.93. The van der Waals surface area contributed by atoms with E-state index in [1.807, 2.05) is 65.5 Å². The molecule has 0 unspecified atom stereocenters. The van der Waals surface area contributed by atoms with E-state index in [0.717, 1.165) is 34.7 Å². The summed E-state index contributed by atoms with van der Waals surface area (Å²) in [5.74, 6) is 1.16. The lowest BCUT2D eigenvalue weighted by atomic mass is 10.1. The first-order valence-corrected chi connectivity index (χ1v) is 12.0. The van der Waals surface area contributed by atoms with Gasteiger partial charge in [0, 0.05) is 23.5 Å². The van der Waals surface area contributed by atoms with Crippen LogP contribution >= 0.6 is 0 Å². The minimum absolute atomic E-state index is 0.120. The fourth-order valence-electron chi connectivity index (χ4n) is 3.43. The Morgan fingerprint density at radius 3 is 2.60 bits per heavy atom. The second-order valence-electron chi connectivity index (χ2n) is 7.42. The molecule has 1 aromatic heterocycles. The summed E-state index contributed by atoms with van der Waals surface area (Å²) in [5, 5.41) is 4.78. The first kappa shape index (κ1) is 20.3. The summed E-state index contributed by atoms with van der Waals surface area (Å²) in [7, 11) is -2.96. The summed E-state index contributed by atoms with van der Waals surface area (Å²) in [5.41, 5.74) is 3.55. The van der Waals surface area contributed by atoms with Gasteiger partial charge in [0.25, 0.3) is 0 Å². The van der Waals surface area contributed by atoms with E-state index >= 15 is 0 Å². The maximum absolute atomic E-state index is 11.7. The molecule has 1 aliphatic heterocycles. The maximum Gasteiger partial charge on any atom is 0.152 e. The van der Waals surface area contributed by atoms with E-state index in [9.17, 15) is 8.42 Å². The average Bonchev–Trinajstić information content (AvgIpc) is 3.34. The number of benzene rings is 2. The van der Waals surface area contributed by atoms with E-state index in [4.69, 9.17) is 9.84 Å². The van der Waals surface area contributed by atoms with E-state index in [2.05, 4.69) is 11.9 Å². The minimum Gasteiger partial charge on any atom is -0.494 e. The van der Waals surface area contributed by atoms with Crippen molar-refractivity contribution in [1.82, 2.24) is 9.78 Å². The monoisotopic (exact) mass is 423 g/mol. The number of ether oxygens (including phenoxy) is 1. The number of aliphatic imine (C=N–C) groups is 1. The molecule has 0 aliphatic carbocycles. The number of sulfone groups is 1. The van der Waals surface area contributed by atoms with Crippen LogP contribution in [0.25, 0.3) is 16.9 Å². The highest BCUT2D eigenvalue weighted by molar-refractivity contribution is 7.91. The molecule has 0 saturated carbocycles. The van der Waals surface area contributed by atoms with E-state index in [1.165, 1.54) is 0 Å². The van der Waals surface area contributed by atoms with Crippen molar-refractivity contribution in [3.8, 4) is 22.7 Å². The third-order valence-corrected chi connectivity index (χ3v) is 6.75. The van der Waals surface area contributed by atoms with Crippen molar-refractivity contribution in [2.45, 2.75) is 25.8 Å². The summed E-state index contributed by atoms with van der Waals surface area (Å²) in [6, 6.07) is 17.5. The highest BCUT2D eigenvalue weighted by Gasteiger charge is 2.27. The second kappa shape index (κ2) is 8.83. The van der Waals surface area contributed by atoms with E-state index < -0.39 is 9.84 Å². The molecule has 4 rings (SSSR count). The van der Waals surface area contributed by atoms with E-state index in [-0.39, 0.29) is 17.5 Å². The van der Waals surface area contributed by atoms with Gasteiger partial charge in [0.1, 0.15) is 11.4 Å². The van der Waals surface area contributed by atoms with E-state index in [1.54, 1.807) is 6.21 Å². The molecule has 7 heteroatoms. The smallest absolute Gasteiger partial charge is 0.152 e. The van der Waals surface area contributed by atoms with Crippen molar-refractivity contribution in [2.24, 2.45) is 4.99 Å². The largest absolute Gasteiger partial charge is 0.494 e. The van der Waals surface area contributed by atoms with Gasteiger partial charge in [-0.05, 0) is 49.2 Å². The zero-order valence-corrected chi connectivity index (χ0v) is 17.8. The van der Waals surface area contributed by atoms with Crippen LogP contribution in [0.4, 0.5) is 0 Å². The molecule has 1 saturated heterocycles. The van der Waals surface area contributed by atoms with Crippen molar-refractivity contribution in [3.05, 3.63) is 66.4 Å². The zero-order valence-electron chi connectivity index (χ0n) is 16.9. The Morgan fingerprint density at radius 2 is 1.93 bits per heavy atom. The van der Waals surface area contributed by atoms with Crippen LogP contribution in [0.2, 0.25) is 0 Å². The highest BCUT2D eigenvalue weighted by atomic mass is 32.2. The minimum atomic E-state index is -2.96. The van der Waals surface area contributed by atoms with Crippen LogP contribution in [-0.2, 0) is 9.84 Å². The lowest BCUT2D eigenvalue weighted by Crippen LogP contribution is -2.07. The fourth-order valence-corrected chi connectivity index (χ4v) is 5.06. The summed E-state index contributed by atoms with van der Waals surface area (Å²) < 4.78 is 31.0. The van der Waals surface area contributed by atoms with E-state index in [0.29, 0.717) is 13.0 Å². The molecule has 1 atom stereocenters. The molecule has 3 aromatic rings. The van der Waals surface area contributed by atoms with Crippen LogP contribution in [0.3, 0.4) is 0 Å². The molecule has 156 valence electrons. The molecule has 2 aromatic carbocycles. The molecule has 0 bridgehead atoms. The average molecular weight is 424 g/mol. The first-order valence-electron chi connectivity index (χ1n) is 10.2. The second-order valence-corrected chi connectivity index (χ2v) is 9.65. The van der Waals surface area contributed by atoms with Crippen LogP contribution in [0.15, 0.2) is 65.8 Å². The maximum atomic E-state index is 11.7. The van der Waals surface area contributed by atoms with Gasteiger partial charge in [0.2, 0.25) is 0 Å². The molecule has 0 spiro atoms. The van der Waals surface area contributed by atoms with Crippen molar-refractivity contribution < 1.29 is 13.2 Å². The van der Waals surface area contributed by atoms with Gasteiger partial charge < -0.3 is 4.74 Å². The van der Waals surface area contributed by atoms with Gasteiger partial charge in [0.05, 0.1) is 29.8 Å². The molecular weight excluding hydrogens is 398 g/mol. The zero-order chi connectivity index (χ0) is 21.0. The Balaban J connectivity index is 1.66. The lowest BCUT2D eigenvalue weighted by Gasteiger charge is -2.05. The highest BCUT2D eigenvalue weighted by Crippen LogP contribution is 2.25. The Kier molecular flexibility index (Phi) is 5.99. The van der Waals surface area contributed by atoms with Gasteiger partial charge in [-0.25, -0.2) is 13.1 Å². The molecule has 6 nitrogen and oxygen atoms in total. The fraction of sp³-hybridized carbons (Fsp3) is 0.304. The van der Waals surface area contributed by atoms with Gasteiger partial charge in [0.15, 0.2) is 9.84 Å². The van der Waals surface area contributed by atoms with Gasteiger partial charge in [-0.2, -0.15) is 5.10 Å². The summed E-state index contributed by atoms with van der Waals surface area (Å²) in [6.45, 7) is 2.76. The van der Waals surface area contributed by atoms with Crippen LogP contribution in [-0.4, -0.2) is 48.6 Å². The topological polar surface area (TPSA) is 73.5 Å². The van der Waals surface area contributed by atoms with Gasteiger partial charge in [-0.15, -0.1) is 0 Å². The predicted molar refractivity (Wildman–Crippen MR) is 119 cm³/mol. The Bertz CT molecular complexity index is 1120. The summed E-state index contributed by atoms with van der Waals surface area (Å²) in [4.78, 5) is 4.56. The van der Waals surface area contributed by atoms with Crippen LogP contribution in [0.1, 0.15) is 25.3 Å². The van der Waals surface area contributed by atoms with Gasteiger partial charge >= 0.3 is 0 Å².